The van der Waals surface area contributed by atoms with E-state index in [0.29, 0.717) is 6.61 Å². The lowest BCUT2D eigenvalue weighted by molar-refractivity contribution is 0.303. The Morgan fingerprint density at radius 3 is 3.05 bits per heavy atom. The topological polar surface area (TPSA) is 34.1 Å². The molecule has 3 nitrogen and oxygen atoms in total. The highest BCUT2D eigenvalue weighted by Crippen LogP contribution is 2.22. The molecule has 0 aliphatic carbocycles. The van der Waals surface area contributed by atoms with Gasteiger partial charge in [-0.2, -0.15) is 0 Å². The van der Waals surface area contributed by atoms with Crippen LogP contribution >= 0.6 is 11.3 Å². The number of thiazole rings is 1. The van der Waals surface area contributed by atoms with E-state index in [-0.39, 0.29) is 0 Å². The fraction of sp³-hybridized carbons (Fsp3) is 0.312. The number of hydrogen-bond acceptors (Lipinski definition) is 4. The zero-order chi connectivity index (χ0) is 14.4. The summed E-state index contributed by atoms with van der Waals surface area (Å²) in [4.78, 5) is 4.55. The summed E-state index contributed by atoms with van der Waals surface area (Å²) in [6.45, 7) is 9.94. The molecule has 1 aromatic heterocycles. The van der Waals surface area contributed by atoms with Gasteiger partial charge < -0.3 is 10.1 Å². The van der Waals surface area contributed by atoms with Gasteiger partial charge in [-0.1, -0.05) is 18.2 Å². The maximum absolute atomic E-state index is 5.85. The highest BCUT2D eigenvalue weighted by molar-refractivity contribution is 7.09. The van der Waals surface area contributed by atoms with E-state index in [1.165, 1.54) is 11.1 Å². The summed E-state index contributed by atoms with van der Waals surface area (Å²) in [5.74, 6) is 0.937. The molecule has 1 aromatic carbocycles. The standard InChI is InChI=1S/C16H20N2OS/c1-4-8-17-9-14-11-20-16(18-14)10-19-15-7-5-6-12(2)13(15)3/h4-7,11,17H,1,8-10H2,2-3H3. The summed E-state index contributed by atoms with van der Waals surface area (Å²) in [6, 6.07) is 6.11. The van der Waals surface area contributed by atoms with Crippen LogP contribution in [0.5, 0.6) is 5.75 Å². The Labute approximate surface area is 124 Å². The molecular weight excluding hydrogens is 268 g/mol. The number of aromatic nitrogens is 1. The molecule has 1 heterocycles. The van der Waals surface area contributed by atoms with Crippen molar-refractivity contribution in [3.8, 4) is 5.75 Å². The molecule has 0 saturated carbocycles. The van der Waals surface area contributed by atoms with Gasteiger partial charge in [0, 0.05) is 18.5 Å². The number of nitrogens with zero attached hydrogens (tertiary/aromatic N) is 1. The molecule has 0 amide bonds. The molecule has 4 heteroatoms. The predicted octanol–water partition coefficient (Wildman–Crippen LogP) is 3.61. The van der Waals surface area contributed by atoms with Crippen LogP contribution in [-0.4, -0.2) is 11.5 Å². The molecule has 0 aliphatic rings. The second-order valence-corrected chi connectivity index (χ2v) is 5.58. The minimum absolute atomic E-state index is 0.524. The zero-order valence-electron chi connectivity index (χ0n) is 12.0. The molecule has 0 atom stereocenters. The fourth-order valence-corrected chi connectivity index (χ4v) is 2.52. The quantitative estimate of drug-likeness (QED) is 0.624. The first-order valence-corrected chi connectivity index (χ1v) is 7.52. The zero-order valence-corrected chi connectivity index (χ0v) is 12.8. The van der Waals surface area contributed by atoms with Crippen LogP contribution in [0.25, 0.3) is 0 Å². The summed E-state index contributed by atoms with van der Waals surface area (Å²) >= 11 is 1.63. The minimum Gasteiger partial charge on any atom is -0.486 e. The van der Waals surface area contributed by atoms with E-state index in [9.17, 15) is 0 Å². The molecule has 0 fully saturated rings. The Hall–Kier alpha value is -1.65. The summed E-state index contributed by atoms with van der Waals surface area (Å²) < 4.78 is 5.85. The van der Waals surface area contributed by atoms with Gasteiger partial charge in [0.2, 0.25) is 0 Å². The van der Waals surface area contributed by atoms with Gasteiger partial charge in [0.1, 0.15) is 17.4 Å². The Morgan fingerprint density at radius 1 is 1.40 bits per heavy atom. The van der Waals surface area contributed by atoms with Crippen molar-refractivity contribution < 1.29 is 4.74 Å². The Morgan fingerprint density at radius 2 is 2.25 bits per heavy atom. The SMILES string of the molecule is C=CCNCc1csc(COc2cccc(C)c2C)n1. The van der Waals surface area contributed by atoms with Crippen molar-refractivity contribution in [1.29, 1.82) is 0 Å². The third kappa shape index (κ3) is 3.92. The largest absolute Gasteiger partial charge is 0.486 e. The second-order valence-electron chi connectivity index (χ2n) is 4.64. The Balaban J connectivity index is 1.91. The lowest BCUT2D eigenvalue weighted by atomic mass is 10.1. The lowest BCUT2D eigenvalue weighted by Gasteiger charge is -2.09. The van der Waals surface area contributed by atoms with E-state index in [2.05, 4.69) is 42.2 Å². The lowest BCUT2D eigenvalue weighted by Crippen LogP contribution is -2.12. The highest BCUT2D eigenvalue weighted by atomic mass is 32.1. The van der Waals surface area contributed by atoms with Crippen LogP contribution in [0.2, 0.25) is 0 Å². The van der Waals surface area contributed by atoms with E-state index < -0.39 is 0 Å². The molecule has 1 N–H and O–H groups in total. The first-order valence-electron chi connectivity index (χ1n) is 6.64. The summed E-state index contributed by atoms with van der Waals surface area (Å²) in [7, 11) is 0. The highest BCUT2D eigenvalue weighted by Gasteiger charge is 2.05. The van der Waals surface area contributed by atoms with E-state index >= 15 is 0 Å². The number of hydrogen-bond donors (Lipinski definition) is 1. The van der Waals surface area contributed by atoms with Gasteiger partial charge in [0.05, 0.1) is 5.69 Å². The smallest absolute Gasteiger partial charge is 0.140 e. The molecule has 0 spiro atoms. The van der Waals surface area contributed by atoms with Gasteiger partial charge in [-0.25, -0.2) is 4.98 Å². The van der Waals surface area contributed by atoms with Crippen LogP contribution in [0.4, 0.5) is 0 Å². The van der Waals surface area contributed by atoms with E-state index in [0.717, 1.165) is 29.5 Å². The summed E-state index contributed by atoms with van der Waals surface area (Å²) in [5.41, 5.74) is 3.49. The molecule has 0 aliphatic heterocycles. The van der Waals surface area contributed by atoms with Gasteiger partial charge >= 0.3 is 0 Å². The molecule has 0 bridgehead atoms. The van der Waals surface area contributed by atoms with Crippen molar-refractivity contribution >= 4 is 11.3 Å². The van der Waals surface area contributed by atoms with Gasteiger partial charge in [-0.3, -0.25) is 0 Å². The van der Waals surface area contributed by atoms with Gasteiger partial charge in [-0.15, -0.1) is 17.9 Å². The third-order valence-corrected chi connectivity index (χ3v) is 3.97. The van der Waals surface area contributed by atoms with Crippen LogP contribution in [0, 0.1) is 13.8 Å². The van der Waals surface area contributed by atoms with Gasteiger partial charge in [0.25, 0.3) is 0 Å². The molecule has 106 valence electrons. The first-order chi connectivity index (χ1) is 9.70. The molecule has 2 rings (SSSR count). The van der Waals surface area contributed by atoms with Crippen molar-refractivity contribution in [2.45, 2.75) is 27.0 Å². The van der Waals surface area contributed by atoms with E-state index in [4.69, 9.17) is 4.74 Å². The monoisotopic (exact) mass is 288 g/mol. The Bertz CT molecular complexity index is 578. The summed E-state index contributed by atoms with van der Waals surface area (Å²) in [5, 5.41) is 6.31. The average molecular weight is 288 g/mol. The summed E-state index contributed by atoms with van der Waals surface area (Å²) in [6.07, 6.45) is 1.84. The van der Waals surface area contributed by atoms with Crippen LogP contribution in [0.15, 0.2) is 36.2 Å². The number of aryl methyl sites for hydroxylation is 1. The maximum atomic E-state index is 5.85. The minimum atomic E-state index is 0.524. The second kappa shape index (κ2) is 7.22. The maximum Gasteiger partial charge on any atom is 0.140 e. The van der Waals surface area contributed by atoms with Crippen LogP contribution in [0.1, 0.15) is 21.8 Å². The van der Waals surface area contributed by atoms with Crippen molar-refractivity contribution in [2.24, 2.45) is 0 Å². The molecule has 20 heavy (non-hydrogen) atoms. The van der Waals surface area contributed by atoms with Gasteiger partial charge in [-0.05, 0) is 31.0 Å². The Kier molecular flexibility index (Phi) is 5.32. The number of nitrogens with one attached hydrogen (secondary N) is 1. The van der Waals surface area contributed by atoms with Crippen LogP contribution in [0.3, 0.4) is 0 Å². The molecule has 0 saturated heterocycles. The molecule has 2 aromatic rings. The van der Waals surface area contributed by atoms with Crippen LogP contribution < -0.4 is 10.1 Å². The normalized spacial score (nSPS) is 10.5. The number of ether oxygens (including phenoxy) is 1. The van der Waals surface area contributed by atoms with E-state index in [1.54, 1.807) is 11.3 Å². The number of rotatable bonds is 7. The molecule has 0 radical (unpaired) electrons. The van der Waals surface area contributed by atoms with Crippen molar-refractivity contribution in [3.63, 3.8) is 0 Å². The van der Waals surface area contributed by atoms with Crippen LogP contribution in [-0.2, 0) is 13.2 Å². The van der Waals surface area contributed by atoms with Crippen molar-refractivity contribution in [1.82, 2.24) is 10.3 Å². The molecule has 0 unspecified atom stereocenters. The molecular formula is C16H20N2OS. The predicted molar refractivity (Wildman–Crippen MR) is 84.3 cm³/mol. The first kappa shape index (κ1) is 14.8. The van der Waals surface area contributed by atoms with Crippen molar-refractivity contribution in [2.75, 3.05) is 6.54 Å². The number of benzene rings is 1. The van der Waals surface area contributed by atoms with Gasteiger partial charge in [0.15, 0.2) is 0 Å². The van der Waals surface area contributed by atoms with E-state index in [1.807, 2.05) is 18.2 Å². The third-order valence-electron chi connectivity index (χ3n) is 3.10. The van der Waals surface area contributed by atoms with Crippen molar-refractivity contribution in [3.05, 3.63) is 58.1 Å². The fourth-order valence-electron chi connectivity index (χ4n) is 1.82. The average Bonchev–Trinajstić information content (AvgIpc) is 2.89.